The molecule has 7 nitrogen and oxygen atoms in total. The first-order chi connectivity index (χ1) is 13.6. The van der Waals surface area contributed by atoms with Gasteiger partial charge in [0, 0.05) is 44.6 Å². The number of piperazine rings is 1. The summed E-state index contributed by atoms with van der Waals surface area (Å²) in [7, 11) is 0. The molecule has 4 rings (SSSR count). The maximum Gasteiger partial charge on any atom is 0.256 e. The Morgan fingerprint density at radius 3 is 2.46 bits per heavy atom. The van der Waals surface area contributed by atoms with Crippen molar-refractivity contribution in [3.05, 3.63) is 65.7 Å². The molecule has 8 heteroatoms. The van der Waals surface area contributed by atoms with E-state index in [-0.39, 0.29) is 29.5 Å². The summed E-state index contributed by atoms with van der Waals surface area (Å²) in [6.07, 6.45) is 4.15. The van der Waals surface area contributed by atoms with Crippen molar-refractivity contribution in [2.45, 2.75) is 18.5 Å². The van der Waals surface area contributed by atoms with Crippen LogP contribution in [0.25, 0.3) is 0 Å². The van der Waals surface area contributed by atoms with E-state index >= 15 is 0 Å². The quantitative estimate of drug-likeness (QED) is 0.831. The molecule has 2 fully saturated rings. The largest absolute Gasteiger partial charge is 0.338 e. The first-order valence-electron chi connectivity index (χ1n) is 9.37. The van der Waals surface area contributed by atoms with E-state index in [0.29, 0.717) is 32.6 Å². The third-order valence-electron chi connectivity index (χ3n) is 5.27. The normalized spacial score (nSPS) is 22.3. The summed E-state index contributed by atoms with van der Waals surface area (Å²) in [5.41, 5.74) is 7.33. The third-order valence-corrected chi connectivity index (χ3v) is 5.27. The first-order valence-corrected chi connectivity index (χ1v) is 9.37. The lowest BCUT2D eigenvalue weighted by Gasteiger charge is -2.36. The van der Waals surface area contributed by atoms with Crippen LogP contribution < -0.4 is 10.9 Å². The minimum absolute atomic E-state index is 0.0110. The van der Waals surface area contributed by atoms with Crippen molar-refractivity contribution in [1.82, 2.24) is 25.6 Å². The Kier molecular flexibility index (Phi) is 5.31. The van der Waals surface area contributed by atoms with Crippen LogP contribution in [0.15, 0.2) is 48.8 Å². The minimum atomic E-state index is -0.520. The highest BCUT2D eigenvalue weighted by molar-refractivity contribution is 5.94. The summed E-state index contributed by atoms with van der Waals surface area (Å²) in [4.78, 5) is 32.8. The number of hydrogen-bond acceptors (Lipinski definition) is 5. The number of carbonyl (C=O) groups excluding carboxylic acids is 2. The second kappa shape index (κ2) is 8.04. The van der Waals surface area contributed by atoms with Crippen molar-refractivity contribution in [1.29, 1.82) is 0 Å². The minimum Gasteiger partial charge on any atom is -0.338 e. The number of hydrazine groups is 1. The van der Waals surface area contributed by atoms with Gasteiger partial charge < -0.3 is 9.80 Å². The van der Waals surface area contributed by atoms with E-state index in [2.05, 4.69) is 15.8 Å². The molecule has 2 saturated heterocycles. The van der Waals surface area contributed by atoms with E-state index in [4.69, 9.17) is 0 Å². The molecule has 2 N–H and O–H groups in total. The van der Waals surface area contributed by atoms with Crippen molar-refractivity contribution in [3.8, 4) is 0 Å². The van der Waals surface area contributed by atoms with Gasteiger partial charge in [-0.1, -0.05) is 18.2 Å². The zero-order chi connectivity index (χ0) is 19.5. The average Bonchev–Trinajstić information content (AvgIpc) is 3.24. The number of rotatable bonds is 3. The van der Waals surface area contributed by atoms with E-state index in [1.165, 1.54) is 12.1 Å². The van der Waals surface area contributed by atoms with Gasteiger partial charge in [-0.25, -0.2) is 15.2 Å². The van der Waals surface area contributed by atoms with Crippen molar-refractivity contribution in [3.63, 3.8) is 0 Å². The Morgan fingerprint density at radius 2 is 1.75 bits per heavy atom. The molecule has 2 unspecified atom stereocenters. The highest BCUT2D eigenvalue weighted by atomic mass is 19.1. The van der Waals surface area contributed by atoms with Gasteiger partial charge in [-0.2, -0.15) is 0 Å². The van der Waals surface area contributed by atoms with Crippen LogP contribution in [0.5, 0.6) is 0 Å². The number of hydrogen-bond donors (Lipinski definition) is 2. The van der Waals surface area contributed by atoms with Crippen molar-refractivity contribution in [2.24, 2.45) is 0 Å². The van der Waals surface area contributed by atoms with Crippen LogP contribution in [0.3, 0.4) is 0 Å². The molecule has 2 aliphatic rings. The Hall–Kier alpha value is -2.84. The molecule has 0 aliphatic carbocycles. The second-order valence-corrected chi connectivity index (χ2v) is 7.01. The van der Waals surface area contributed by atoms with Crippen LogP contribution in [-0.4, -0.2) is 58.8 Å². The van der Waals surface area contributed by atoms with Crippen LogP contribution in [-0.2, 0) is 4.79 Å². The molecular weight excluding hydrogens is 361 g/mol. The van der Waals surface area contributed by atoms with Gasteiger partial charge >= 0.3 is 0 Å². The molecule has 146 valence electrons. The molecule has 2 amide bonds. The van der Waals surface area contributed by atoms with Crippen LogP contribution in [0.2, 0.25) is 0 Å². The number of nitrogens with zero attached hydrogens (tertiary/aromatic N) is 3. The van der Waals surface area contributed by atoms with Crippen molar-refractivity contribution in [2.75, 3.05) is 26.2 Å². The number of benzene rings is 1. The Labute approximate surface area is 162 Å². The lowest BCUT2D eigenvalue weighted by atomic mass is 10.0. The molecule has 2 aliphatic heterocycles. The Balaban J connectivity index is 1.32. The van der Waals surface area contributed by atoms with Gasteiger partial charge in [-0.05, 0) is 30.2 Å². The fraction of sp³-hybridized carbons (Fsp3) is 0.350. The van der Waals surface area contributed by atoms with E-state index in [9.17, 15) is 14.0 Å². The van der Waals surface area contributed by atoms with Gasteiger partial charge in [0.2, 0.25) is 5.91 Å². The third kappa shape index (κ3) is 3.74. The summed E-state index contributed by atoms with van der Waals surface area (Å²) < 4.78 is 13.8. The smallest absolute Gasteiger partial charge is 0.256 e. The number of nitrogens with one attached hydrogen (secondary N) is 2. The van der Waals surface area contributed by atoms with Gasteiger partial charge in [0.05, 0.1) is 5.56 Å². The molecule has 2 aromatic rings. The fourth-order valence-electron chi connectivity index (χ4n) is 3.67. The molecular formula is C20H22FN5O2. The summed E-state index contributed by atoms with van der Waals surface area (Å²) >= 11 is 0. The molecule has 1 aromatic carbocycles. The van der Waals surface area contributed by atoms with Crippen LogP contribution in [0, 0.1) is 5.82 Å². The zero-order valence-electron chi connectivity index (χ0n) is 15.3. The highest BCUT2D eigenvalue weighted by Gasteiger charge is 2.35. The van der Waals surface area contributed by atoms with Crippen LogP contribution in [0.1, 0.15) is 28.4 Å². The fourth-order valence-corrected chi connectivity index (χ4v) is 3.67. The summed E-state index contributed by atoms with van der Waals surface area (Å²) in [5.74, 6) is -0.840. The van der Waals surface area contributed by atoms with Crippen molar-refractivity contribution < 1.29 is 14.0 Å². The lowest BCUT2D eigenvalue weighted by molar-refractivity contribution is -0.134. The lowest BCUT2D eigenvalue weighted by Crippen LogP contribution is -2.54. The Bertz CT molecular complexity index is 855. The molecule has 0 radical (unpaired) electrons. The molecule has 0 spiro atoms. The zero-order valence-corrected chi connectivity index (χ0v) is 15.3. The summed E-state index contributed by atoms with van der Waals surface area (Å²) in [5, 5.41) is 0. The standard InChI is InChI=1S/C20H22FN5O2/c21-16-6-2-1-5-15(16)19(27)25-8-10-26(11-9-25)20(28)18-12-17(23-24-18)14-4-3-7-22-13-14/h1-7,13,17-18,23-24H,8-12H2. The monoisotopic (exact) mass is 383 g/mol. The molecule has 2 atom stereocenters. The van der Waals surface area contributed by atoms with E-state index in [1.54, 1.807) is 34.3 Å². The SMILES string of the molecule is O=C(c1ccccc1F)N1CCN(C(=O)C2CC(c3cccnc3)NN2)CC1. The van der Waals surface area contributed by atoms with E-state index < -0.39 is 5.82 Å². The Morgan fingerprint density at radius 1 is 1.00 bits per heavy atom. The van der Waals surface area contributed by atoms with E-state index in [1.807, 2.05) is 12.1 Å². The average molecular weight is 383 g/mol. The predicted molar refractivity (Wildman–Crippen MR) is 101 cm³/mol. The topological polar surface area (TPSA) is 77.6 Å². The maximum atomic E-state index is 13.8. The molecule has 0 saturated carbocycles. The molecule has 28 heavy (non-hydrogen) atoms. The maximum absolute atomic E-state index is 13.8. The van der Waals surface area contributed by atoms with Gasteiger partial charge in [0.15, 0.2) is 0 Å². The molecule has 0 bridgehead atoms. The van der Waals surface area contributed by atoms with Gasteiger partial charge in [0.1, 0.15) is 11.9 Å². The number of pyridine rings is 1. The second-order valence-electron chi connectivity index (χ2n) is 7.01. The highest BCUT2D eigenvalue weighted by Crippen LogP contribution is 2.22. The number of amides is 2. The van der Waals surface area contributed by atoms with Gasteiger partial charge in [-0.15, -0.1) is 0 Å². The van der Waals surface area contributed by atoms with Crippen LogP contribution in [0.4, 0.5) is 4.39 Å². The van der Waals surface area contributed by atoms with Gasteiger partial charge in [-0.3, -0.25) is 14.6 Å². The molecule has 1 aromatic heterocycles. The number of aromatic nitrogens is 1. The van der Waals surface area contributed by atoms with E-state index in [0.717, 1.165) is 5.56 Å². The summed E-state index contributed by atoms with van der Waals surface area (Å²) in [6.45, 7) is 1.67. The molecule has 3 heterocycles. The number of carbonyl (C=O) groups is 2. The van der Waals surface area contributed by atoms with Crippen molar-refractivity contribution >= 4 is 11.8 Å². The number of halogens is 1. The van der Waals surface area contributed by atoms with Gasteiger partial charge in [0.25, 0.3) is 5.91 Å². The first kappa shape index (κ1) is 18.5. The predicted octanol–water partition coefficient (Wildman–Crippen LogP) is 1.11. The summed E-state index contributed by atoms with van der Waals surface area (Å²) in [6, 6.07) is 9.54. The van der Waals surface area contributed by atoms with Crippen LogP contribution >= 0.6 is 0 Å².